The van der Waals surface area contributed by atoms with Crippen LogP contribution in [0.2, 0.25) is 0 Å². The van der Waals surface area contributed by atoms with Crippen molar-refractivity contribution in [3.05, 3.63) is 28.8 Å². The minimum Gasteiger partial charge on any atom is -0.493 e. The summed E-state index contributed by atoms with van der Waals surface area (Å²) in [5, 5.41) is 13.0. The molecule has 0 saturated heterocycles. The van der Waals surface area contributed by atoms with Gasteiger partial charge >= 0.3 is 0 Å². The van der Waals surface area contributed by atoms with Gasteiger partial charge in [-0.15, -0.1) is 11.6 Å². The Balaban J connectivity index is 1.74. The van der Waals surface area contributed by atoms with Crippen LogP contribution in [0.3, 0.4) is 0 Å². The minimum absolute atomic E-state index is 0.187. The molecule has 0 bridgehead atoms. The van der Waals surface area contributed by atoms with Gasteiger partial charge in [-0.25, -0.2) is 0 Å². The number of benzene rings is 1. The first-order chi connectivity index (χ1) is 10.6. The summed E-state index contributed by atoms with van der Waals surface area (Å²) < 4.78 is 5.58. The highest BCUT2D eigenvalue weighted by Gasteiger charge is 2.32. The predicted molar refractivity (Wildman–Crippen MR) is 85.4 cm³/mol. The van der Waals surface area contributed by atoms with Crippen LogP contribution in [-0.4, -0.2) is 29.0 Å². The average Bonchev–Trinajstić information content (AvgIpc) is 2.96. The van der Waals surface area contributed by atoms with E-state index in [0.717, 1.165) is 37.0 Å². The van der Waals surface area contributed by atoms with Crippen LogP contribution < -0.4 is 10.1 Å². The molecule has 3 atom stereocenters. The lowest BCUT2D eigenvalue weighted by molar-refractivity contribution is -0.122. The molecule has 0 radical (unpaired) electrons. The Morgan fingerprint density at radius 2 is 2.27 bits per heavy atom. The molecule has 4 nitrogen and oxygen atoms in total. The van der Waals surface area contributed by atoms with Gasteiger partial charge in [0, 0.05) is 6.42 Å². The fourth-order valence-electron chi connectivity index (χ4n) is 3.28. The second kappa shape index (κ2) is 6.47. The number of aliphatic hydroxyl groups excluding tert-OH is 1. The van der Waals surface area contributed by atoms with Crippen LogP contribution in [0.5, 0.6) is 5.75 Å². The summed E-state index contributed by atoms with van der Waals surface area (Å²) in [4.78, 5) is 12.1. The Morgan fingerprint density at radius 1 is 1.45 bits per heavy atom. The summed E-state index contributed by atoms with van der Waals surface area (Å²) in [6.07, 6.45) is 3.33. The topological polar surface area (TPSA) is 58.6 Å². The molecule has 22 heavy (non-hydrogen) atoms. The van der Waals surface area contributed by atoms with Gasteiger partial charge in [0.05, 0.1) is 18.8 Å². The Morgan fingerprint density at radius 3 is 3.05 bits per heavy atom. The van der Waals surface area contributed by atoms with E-state index < -0.39 is 11.5 Å². The van der Waals surface area contributed by atoms with Gasteiger partial charge in [0.15, 0.2) is 0 Å². The summed E-state index contributed by atoms with van der Waals surface area (Å²) in [5.74, 6) is 0.680. The summed E-state index contributed by atoms with van der Waals surface area (Å²) in [6, 6.07) is 3.79. The number of aryl methyl sites for hydroxylation is 1. The number of hydrogen-bond acceptors (Lipinski definition) is 3. The lowest BCUT2D eigenvalue weighted by Crippen LogP contribution is -2.44. The molecular formula is C17H22ClNO3. The van der Waals surface area contributed by atoms with Crippen molar-refractivity contribution in [1.82, 2.24) is 5.32 Å². The Labute approximate surface area is 135 Å². The van der Waals surface area contributed by atoms with Crippen LogP contribution in [0.1, 0.15) is 49.0 Å². The highest BCUT2D eigenvalue weighted by atomic mass is 35.5. The first-order valence-corrected chi connectivity index (χ1v) is 8.44. The summed E-state index contributed by atoms with van der Waals surface area (Å²) in [5.41, 5.74) is 3.26. The van der Waals surface area contributed by atoms with Gasteiger partial charge in [0.2, 0.25) is 5.91 Å². The Bertz CT molecular complexity index is 575. The molecule has 0 saturated carbocycles. The number of rotatable bonds is 4. The van der Waals surface area contributed by atoms with Crippen molar-refractivity contribution in [1.29, 1.82) is 0 Å². The van der Waals surface area contributed by atoms with Crippen molar-refractivity contribution in [2.24, 2.45) is 0 Å². The zero-order chi connectivity index (χ0) is 15.7. The maximum absolute atomic E-state index is 12.1. The number of fused-ring (bicyclic) bond motifs is 2. The van der Waals surface area contributed by atoms with Crippen molar-refractivity contribution in [3.8, 4) is 5.75 Å². The molecule has 1 heterocycles. The van der Waals surface area contributed by atoms with Gasteiger partial charge in [-0.3, -0.25) is 4.79 Å². The highest BCUT2D eigenvalue weighted by Crippen LogP contribution is 2.37. The van der Waals surface area contributed by atoms with Gasteiger partial charge in [0.25, 0.3) is 0 Å². The number of hydrogen-bond donors (Lipinski definition) is 2. The van der Waals surface area contributed by atoms with E-state index in [1.165, 1.54) is 11.1 Å². The minimum atomic E-state index is -0.701. The lowest BCUT2D eigenvalue weighted by Gasteiger charge is -2.31. The van der Waals surface area contributed by atoms with Crippen molar-refractivity contribution >= 4 is 17.5 Å². The normalized spacial score (nSPS) is 24.1. The fourth-order valence-corrected chi connectivity index (χ4v) is 3.56. The van der Waals surface area contributed by atoms with Gasteiger partial charge in [0.1, 0.15) is 11.1 Å². The van der Waals surface area contributed by atoms with Gasteiger partial charge in [-0.05, 0) is 42.0 Å². The standard InChI is InChI=1S/C17H22ClNO3/c1-2-3-13(18)17(21)19-14-5-4-10-8-11-6-7-22-15(11)9-12(10)16(14)20/h8-9,13-14,16,20H,2-7H2,1H3,(H,19,21). The van der Waals surface area contributed by atoms with Crippen LogP contribution in [-0.2, 0) is 17.6 Å². The maximum Gasteiger partial charge on any atom is 0.238 e. The SMILES string of the molecule is CCCC(Cl)C(=O)NC1CCc2cc3c(cc2C1O)OCC3. The number of carbonyl (C=O) groups is 1. The van der Waals surface area contributed by atoms with Crippen molar-refractivity contribution < 1.29 is 14.6 Å². The smallest absolute Gasteiger partial charge is 0.238 e. The molecule has 5 heteroatoms. The number of amides is 1. The highest BCUT2D eigenvalue weighted by molar-refractivity contribution is 6.30. The number of carbonyl (C=O) groups excluding carboxylic acids is 1. The third-order valence-corrected chi connectivity index (χ3v) is 4.95. The molecule has 0 spiro atoms. The van der Waals surface area contributed by atoms with Gasteiger partial charge in [-0.2, -0.15) is 0 Å². The molecular weight excluding hydrogens is 302 g/mol. The lowest BCUT2D eigenvalue weighted by atomic mass is 9.84. The predicted octanol–water partition coefficient (Wildman–Crippen LogP) is 2.49. The molecule has 0 aromatic heterocycles. The maximum atomic E-state index is 12.1. The van der Waals surface area contributed by atoms with E-state index in [2.05, 4.69) is 11.4 Å². The second-order valence-corrected chi connectivity index (χ2v) is 6.64. The molecule has 3 rings (SSSR count). The number of nitrogens with one attached hydrogen (secondary N) is 1. The molecule has 120 valence electrons. The molecule has 1 aliphatic carbocycles. The number of halogens is 1. The molecule has 1 aromatic carbocycles. The van der Waals surface area contributed by atoms with Crippen molar-refractivity contribution in [3.63, 3.8) is 0 Å². The largest absolute Gasteiger partial charge is 0.493 e. The average molecular weight is 324 g/mol. The van der Waals surface area contributed by atoms with E-state index in [1.54, 1.807) is 0 Å². The van der Waals surface area contributed by atoms with Gasteiger partial charge < -0.3 is 15.2 Å². The third-order valence-electron chi connectivity index (χ3n) is 4.53. The number of ether oxygens (including phenoxy) is 1. The van der Waals surface area contributed by atoms with E-state index >= 15 is 0 Å². The van der Waals surface area contributed by atoms with E-state index in [0.29, 0.717) is 13.0 Å². The van der Waals surface area contributed by atoms with Crippen LogP contribution >= 0.6 is 11.6 Å². The fraction of sp³-hybridized carbons (Fsp3) is 0.588. The first kappa shape index (κ1) is 15.6. The molecule has 2 N–H and O–H groups in total. The Hall–Kier alpha value is -1.26. The molecule has 1 amide bonds. The van der Waals surface area contributed by atoms with Crippen LogP contribution in [0.15, 0.2) is 12.1 Å². The van der Waals surface area contributed by atoms with Crippen LogP contribution in [0, 0.1) is 0 Å². The van der Waals surface area contributed by atoms with Crippen molar-refractivity contribution in [2.45, 2.75) is 56.6 Å². The van der Waals surface area contributed by atoms with E-state index in [9.17, 15) is 9.90 Å². The molecule has 1 aromatic rings. The molecule has 2 aliphatic rings. The monoisotopic (exact) mass is 323 g/mol. The van der Waals surface area contributed by atoms with E-state index in [4.69, 9.17) is 16.3 Å². The third kappa shape index (κ3) is 2.95. The summed E-state index contributed by atoms with van der Waals surface area (Å²) in [6.45, 7) is 2.70. The number of aliphatic hydroxyl groups is 1. The van der Waals surface area contributed by atoms with E-state index in [-0.39, 0.29) is 11.9 Å². The zero-order valence-corrected chi connectivity index (χ0v) is 13.5. The summed E-state index contributed by atoms with van der Waals surface area (Å²) in [7, 11) is 0. The molecule has 1 aliphatic heterocycles. The van der Waals surface area contributed by atoms with Gasteiger partial charge in [-0.1, -0.05) is 19.4 Å². The van der Waals surface area contributed by atoms with Crippen molar-refractivity contribution in [2.75, 3.05) is 6.61 Å². The quantitative estimate of drug-likeness (QED) is 0.837. The van der Waals surface area contributed by atoms with Crippen LogP contribution in [0.4, 0.5) is 0 Å². The molecule has 0 fully saturated rings. The van der Waals surface area contributed by atoms with E-state index in [1.807, 2.05) is 13.0 Å². The first-order valence-electron chi connectivity index (χ1n) is 8.01. The summed E-state index contributed by atoms with van der Waals surface area (Å²) >= 11 is 6.06. The Kier molecular flexibility index (Phi) is 4.59. The molecule has 3 unspecified atom stereocenters. The van der Waals surface area contributed by atoms with Crippen LogP contribution in [0.25, 0.3) is 0 Å². The second-order valence-electron chi connectivity index (χ2n) is 6.11. The number of alkyl halides is 1. The zero-order valence-electron chi connectivity index (χ0n) is 12.8.